The molecule has 1 heterocycles. The van der Waals surface area contributed by atoms with Crippen LogP contribution in [0, 0.1) is 0 Å². The molecule has 3 rings (SSSR count). The summed E-state index contributed by atoms with van der Waals surface area (Å²) >= 11 is 1.03. The average molecular weight is 359 g/mol. The van der Waals surface area contributed by atoms with E-state index < -0.39 is 10.0 Å². The van der Waals surface area contributed by atoms with Crippen molar-refractivity contribution in [1.29, 1.82) is 0 Å². The Kier molecular flexibility index (Phi) is 4.78. The van der Waals surface area contributed by atoms with Crippen molar-refractivity contribution < 1.29 is 13.2 Å². The van der Waals surface area contributed by atoms with Crippen LogP contribution in [0.15, 0.2) is 65.8 Å². The SMILES string of the molecule is CC(=O)Sc1ccn(S(=O)(=O)CCc2cccc3ccccc23)c1. The molecule has 0 spiro atoms. The molecule has 0 aliphatic carbocycles. The highest BCUT2D eigenvalue weighted by Gasteiger charge is 2.15. The normalized spacial score (nSPS) is 11.7. The Morgan fingerprint density at radius 2 is 1.83 bits per heavy atom. The molecule has 2 aromatic carbocycles. The highest BCUT2D eigenvalue weighted by Crippen LogP contribution is 2.22. The minimum Gasteiger partial charge on any atom is -0.287 e. The number of carbonyl (C=O) groups is 1. The standard InChI is InChI=1S/C18H17NO3S2/c1-14(20)23-17-9-11-19(13-17)24(21,22)12-10-16-7-4-6-15-5-2-3-8-18(15)16/h2-9,11,13H,10,12H2,1H3. The third-order valence-electron chi connectivity index (χ3n) is 3.73. The number of aryl methyl sites for hydroxylation is 1. The smallest absolute Gasteiger partial charge is 0.238 e. The molecular weight excluding hydrogens is 342 g/mol. The maximum atomic E-state index is 12.5. The lowest BCUT2D eigenvalue weighted by molar-refractivity contribution is -0.109. The number of thioether (sulfide) groups is 1. The first-order chi connectivity index (χ1) is 11.5. The average Bonchev–Trinajstić information content (AvgIpc) is 3.01. The van der Waals surface area contributed by atoms with Crippen LogP contribution in [0.2, 0.25) is 0 Å². The molecule has 0 amide bonds. The summed E-state index contributed by atoms with van der Waals surface area (Å²) in [6.45, 7) is 1.46. The van der Waals surface area contributed by atoms with Gasteiger partial charge in [-0.2, -0.15) is 0 Å². The maximum absolute atomic E-state index is 12.5. The van der Waals surface area contributed by atoms with Crippen molar-refractivity contribution in [2.75, 3.05) is 5.75 Å². The van der Waals surface area contributed by atoms with E-state index >= 15 is 0 Å². The monoisotopic (exact) mass is 359 g/mol. The molecule has 0 aliphatic rings. The number of carbonyl (C=O) groups excluding carboxylic acids is 1. The number of aromatic nitrogens is 1. The quantitative estimate of drug-likeness (QED) is 0.652. The van der Waals surface area contributed by atoms with Gasteiger partial charge in [0.05, 0.1) is 5.75 Å². The Hall–Kier alpha value is -2.05. The molecule has 6 heteroatoms. The fourth-order valence-corrected chi connectivity index (χ4v) is 4.52. The topological polar surface area (TPSA) is 56.1 Å². The van der Waals surface area contributed by atoms with Gasteiger partial charge in [0.25, 0.3) is 0 Å². The number of fused-ring (bicyclic) bond motifs is 1. The van der Waals surface area contributed by atoms with Crippen LogP contribution in [0.1, 0.15) is 12.5 Å². The summed E-state index contributed by atoms with van der Waals surface area (Å²) in [5.74, 6) is 0.0138. The van der Waals surface area contributed by atoms with Crippen molar-refractivity contribution in [3.05, 3.63) is 66.5 Å². The van der Waals surface area contributed by atoms with Gasteiger partial charge < -0.3 is 0 Å². The predicted molar refractivity (Wildman–Crippen MR) is 97.8 cm³/mol. The van der Waals surface area contributed by atoms with Crippen LogP contribution >= 0.6 is 11.8 Å². The molecule has 124 valence electrons. The highest BCUT2D eigenvalue weighted by molar-refractivity contribution is 8.13. The van der Waals surface area contributed by atoms with E-state index in [0.717, 1.165) is 28.1 Å². The van der Waals surface area contributed by atoms with Crippen LogP contribution in [-0.2, 0) is 21.2 Å². The molecule has 0 radical (unpaired) electrons. The van der Waals surface area contributed by atoms with Crippen LogP contribution in [0.5, 0.6) is 0 Å². The molecule has 0 atom stereocenters. The lowest BCUT2D eigenvalue weighted by atomic mass is 10.0. The summed E-state index contributed by atoms with van der Waals surface area (Å²) < 4.78 is 26.2. The van der Waals surface area contributed by atoms with Crippen LogP contribution in [0.3, 0.4) is 0 Å². The molecule has 0 saturated heterocycles. The van der Waals surface area contributed by atoms with E-state index in [-0.39, 0.29) is 10.9 Å². The molecule has 0 saturated carbocycles. The number of nitrogens with zero attached hydrogens (tertiary/aromatic N) is 1. The first-order valence-corrected chi connectivity index (χ1v) is 9.94. The van der Waals surface area contributed by atoms with Gasteiger partial charge in [-0.1, -0.05) is 54.2 Å². The minimum atomic E-state index is -3.45. The zero-order chi connectivity index (χ0) is 17.2. The molecular formula is C18H17NO3S2. The Morgan fingerprint density at radius 3 is 2.62 bits per heavy atom. The summed E-state index contributed by atoms with van der Waals surface area (Å²) in [6.07, 6.45) is 3.42. The zero-order valence-electron chi connectivity index (χ0n) is 13.2. The second kappa shape index (κ2) is 6.83. The van der Waals surface area contributed by atoms with Crippen molar-refractivity contribution in [3.8, 4) is 0 Å². The van der Waals surface area contributed by atoms with E-state index in [1.54, 1.807) is 6.07 Å². The molecule has 0 bridgehead atoms. The van der Waals surface area contributed by atoms with Crippen LogP contribution in [-0.4, -0.2) is 23.3 Å². The summed E-state index contributed by atoms with van der Waals surface area (Å²) in [6, 6.07) is 15.5. The molecule has 24 heavy (non-hydrogen) atoms. The van der Waals surface area contributed by atoms with Gasteiger partial charge >= 0.3 is 0 Å². The van der Waals surface area contributed by atoms with Gasteiger partial charge in [0.1, 0.15) is 0 Å². The number of hydrogen-bond acceptors (Lipinski definition) is 4. The third kappa shape index (κ3) is 3.71. The van der Waals surface area contributed by atoms with Gasteiger partial charge in [-0.15, -0.1) is 0 Å². The van der Waals surface area contributed by atoms with Crippen molar-refractivity contribution in [3.63, 3.8) is 0 Å². The van der Waals surface area contributed by atoms with Crippen LogP contribution < -0.4 is 0 Å². The molecule has 0 N–H and O–H groups in total. The Morgan fingerprint density at radius 1 is 1.08 bits per heavy atom. The summed E-state index contributed by atoms with van der Waals surface area (Å²) in [4.78, 5) is 11.7. The summed E-state index contributed by atoms with van der Waals surface area (Å²) in [7, 11) is -3.45. The van der Waals surface area contributed by atoms with Crippen molar-refractivity contribution in [2.24, 2.45) is 0 Å². The second-order valence-corrected chi connectivity index (χ2v) is 8.72. The first kappa shape index (κ1) is 16.8. The molecule has 1 aromatic heterocycles. The lowest BCUT2D eigenvalue weighted by Gasteiger charge is -2.08. The van der Waals surface area contributed by atoms with Gasteiger partial charge in [-0.3, -0.25) is 8.77 Å². The molecule has 0 aliphatic heterocycles. The molecule has 4 nitrogen and oxygen atoms in total. The van der Waals surface area contributed by atoms with E-state index in [2.05, 4.69) is 0 Å². The Labute approximate surface area is 145 Å². The lowest BCUT2D eigenvalue weighted by Crippen LogP contribution is -2.16. The van der Waals surface area contributed by atoms with Gasteiger partial charge in [0.15, 0.2) is 5.12 Å². The second-order valence-electron chi connectivity index (χ2n) is 5.48. The first-order valence-electron chi connectivity index (χ1n) is 7.52. The van der Waals surface area contributed by atoms with E-state index in [4.69, 9.17) is 0 Å². The number of rotatable bonds is 5. The highest BCUT2D eigenvalue weighted by atomic mass is 32.2. The predicted octanol–water partition coefficient (Wildman–Crippen LogP) is 3.70. The fraction of sp³-hybridized carbons (Fsp3) is 0.167. The Balaban J connectivity index is 1.79. The molecule has 0 fully saturated rings. The largest absolute Gasteiger partial charge is 0.287 e. The molecule has 0 unspecified atom stereocenters. The fourth-order valence-electron chi connectivity index (χ4n) is 2.61. The maximum Gasteiger partial charge on any atom is 0.238 e. The Bertz CT molecular complexity index is 985. The van der Waals surface area contributed by atoms with Gasteiger partial charge in [0, 0.05) is 24.2 Å². The number of hydrogen-bond donors (Lipinski definition) is 0. The number of benzene rings is 2. The van der Waals surface area contributed by atoms with Crippen molar-refractivity contribution in [1.82, 2.24) is 3.97 Å². The van der Waals surface area contributed by atoms with E-state index in [9.17, 15) is 13.2 Å². The minimum absolute atomic E-state index is 0.0138. The molecule has 3 aromatic rings. The van der Waals surface area contributed by atoms with E-state index in [1.165, 1.54) is 23.3 Å². The van der Waals surface area contributed by atoms with Gasteiger partial charge in [-0.05, 0) is 28.8 Å². The van der Waals surface area contributed by atoms with Crippen LogP contribution in [0.4, 0.5) is 0 Å². The van der Waals surface area contributed by atoms with E-state index in [1.807, 2.05) is 42.5 Å². The summed E-state index contributed by atoms with van der Waals surface area (Å²) in [5.41, 5.74) is 1.02. The van der Waals surface area contributed by atoms with Crippen molar-refractivity contribution in [2.45, 2.75) is 18.2 Å². The van der Waals surface area contributed by atoms with Gasteiger partial charge in [-0.25, -0.2) is 8.42 Å². The third-order valence-corrected chi connectivity index (χ3v) is 6.09. The summed E-state index contributed by atoms with van der Waals surface area (Å²) in [5, 5.41) is 2.12. The van der Waals surface area contributed by atoms with E-state index in [0.29, 0.717) is 11.3 Å². The van der Waals surface area contributed by atoms with Gasteiger partial charge in [0.2, 0.25) is 10.0 Å². The van der Waals surface area contributed by atoms with Crippen molar-refractivity contribution >= 4 is 37.7 Å². The zero-order valence-corrected chi connectivity index (χ0v) is 14.8. The van der Waals surface area contributed by atoms with Crippen LogP contribution in [0.25, 0.3) is 10.8 Å².